The average Bonchev–Trinajstić information content (AvgIpc) is 2.82. The molecule has 4 rings (SSSR count). The molecule has 0 saturated carbocycles. The molecule has 0 radical (unpaired) electrons. The molecule has 2 aliphatic rings. The van der Waals surface area contributed by atoms with Crippen LogP contribution in [-0.2, 0) is 21.2 Å². The number of likely N-dealkylation sites (tertiary alicyclic amines) is 1. The van der Waals surface area contributed by atoms with Crippen molar-refractivity contribution >= 4 is 16.0 Å². The van der Waals surface area contributed by atoms with Crippen molar-refractivity contribution < 1.29 is 22.7 Å². The summed E-state index contributed by atoms with van der Waals surface area (Å²) in [6.07, 6.45) is 2.69. The lowest BCUT2D eigenvalue weighted by molar-refractivity contribution is 0.0760. The Morgan fingerprint density at radius 2 is 1.83 bits per heavy atom. The first-order chi connectivity index (χ1) is 17.1. The lowest BCUT2D eigenvalue weighted by Crippen LogP contribution is -2.53. The van der Waals surface area contributed by atoms with E-state index in [0.717, 1.165) is 31.5 Å². The number of aliphatic hydroxyl groups is 1. The first-order valence-corrected chi connectivity index (χ1v) is 14.0. The number of sulfonamides is 1. The van der Waals surface area contributed by atoms with E-state index in [1.807, 2.05) is 12.1 Å². The standard InChI is InChI=1S/C27H36FN3O4S/c1-27(2)25(18-19-8-10-20(11-9-19)21-12-15-31(3)16-13-21)36(33,34)30-26(35-27)29-24(14-17-32)22-6-4-5-7-23(22)28/h4-11,21,24-25,32H,12-18H2,1-3H3,(H,29,30)/t24-,25?/m0/s1. The normalized spacial score (nSPS) is 22.9. The predicted octanol–water partition coefficient (Wildman–Crippen LogP) is 3.75. The van der Waals surface area contributed by atoms with Crippen LogP contribution < -0.4 is 5.32 Å². The Bertz CT molecular complexity index is 1180. The van der Waals surface area contributed by atoms with Gasteiger partial charge >= 0.3 is 6.02 Å². The van der Waals surface area contributed by atoms with Gasteiger partial charge in [0.2, 0.25) is 0 Å². The van der Waals surface area contributed by atoms with Gasteiger partial charge in [0.15, 0.2) is 0 Å². The minimum absolute atomic E-state index is 0.164. The second kappa shape index (κ2) is 10.9. The Balaban J connectivity index is 1.50. The average molecular weight is 518 g/mol. The first-order valence-electron chi connectivity index (χ1n) is 12.5. The number of nitrogens with zero attached hydrogens (tertiary/aromatic N) is 2. The third-order valence-corrected chi connectivity index (χ3v) is 9.17. The summed E-state index contributed by atoms with van der Waals surface area (Å²) in [4.78, 5) is 2.34. The number of halogens is 1. The minimum atomic E-state index is -3.93. The van der Waals surface area contributed by atoms with Crippen molar-refractivity contribution in [2.45, 2.75) is 62.3 Å². The van der Waals surface area contributed by atoms with E-state index >= 15 is 0 Å². The number of hydrogen-bond acceptors (Lipinski definition) is 6. The topological polar surface area (TPSA) is 91.2 Å². The summed E-state index contributed by atoms with van der Waals surface area (Å²) in [5, 5.41) is 11.5. The van der Waals surface area contributed by atoms with E-state index in [4.69, 9.17) is 4.74 Å². The fourth-order valence-corrected chi connectivity index (χ4v) is 6.72. The summed E-state index contributed by atoms with van der Waals surface area (Å²) in [6, 6.07) is 13.5. The van der Waals surface area contributed by atoms with Gasteiger partial charge in [-0.2, -0.15) is 0 Å². The molecule has 1 fully saturated rings. The van der Waals surface area contributed by atoms with Gasteiger partial charge in [-0.25, -0.2) is 12.8 Å². The number of hydrogen-bond donors (Lipinski definition) is 2. The van der Waals surface area contributed by atoms with Crippen molar-refractivity contribution in [1.29, 1.82) is 0 Å². The molecule has 1 unspecified atom stereocenters. The van der Waals surface area contributed by atoms with Crippen LogP contribution >= 0.6 is 0 Å². The number of benzene rings is 2. The molecule has 2 N–H and O–H groups in total. The van der Waals surface area contributed by atoms with E-state index < -0.39 is 32.7 Å². The van der Waals surface area contributed by atoms with E-state index in [2.05, 4.69) is 33.8 Å². The maximum absolute atomic E-state index is 14.4. The van der Waals surface area contributed by atoms with Crippen LogP contribution in [0.3, 0.4) is 0 Å². The van der Waals surface area contributed by atoms with Crippen LogP contribution in [0.2, 0.25) is 0 Å². The number of ether oxygens (including phenoxy) is 1. The number of amidine groups is 1. The Morgan fingerprint density at radius 3 is 2.44 bits per heavy atom. The van der Waals surface area contributed by atoms with Gasteiger partial charge in [0, 0.05) is 12.2 Å². The fraction of sp³-hybridized carbons (Fsp3) is 0.519. The monoisotopic (exact) mass is 517 g/mol. The smallest absolute Gasteiger partial charge is 0.301 e. The van der Waals surface area contributed by atoms with Gasteiger partial charge in [-0.1, -0.05) is 42.5 Å². The molecule has 7 nitrogen and oxygen atoms in total. The van der Waals surface area contributed by atoms with Crippen molar-refractivity contribution in [3.8, 4) is 0 Å². The van der Waals surface area contributed by atoms with E-state index in [9.17, 15) is 17.9 Å². The highest BCUT2D eigenvalue weighted by molar-refractivity contribution is 7.91. The molecule has 196 valence electrons. The summed E-state index contributed by atoms with van der Waals surface area (Å²) in [5.74, 6) is 0.0801. The molecule has 2 aromatic rings. The Labute approximate surface area is 213 Å². The van der Waals surface area contributed by atoms with Crippen molar-refractivity contribution in [3.05, 3.63) is 71.0 Å². The van der Waals surface area contributed by atoms with Gasteiger partial charge < -0.3 is 20.1 Å². The molecular formula is C27H36FN3O4S. The number of aliphatic hydroxyl groups excluding tert-OH is 1. The van der Waals surface area contributed by atoms with Gasteiger partial charge in [-0.15, -0.1) is 4.40 Å². The Morgan fingerprint density at radius 1 is 1.17 bits per heavy atom. The Hall–Kier alpha value is -2.49. The lowest BCUT2D eigenvalue weighted by atomic mass is 9.88. The van der Waals surface area contributed by atoms with Crippen molar-refractivity contribution in [2.24, 2.45) is 4.40 Å². The van der Waals surface area contributed by atoms with Crippen LogP contribution in [0.4, 0.5) is 4.39 Å². The van der Waals surface area contributed by atoms with Gasteiger partial charge in [0.05, 0.1) is 6.04 Å². The second-order valence-electron chi connectivity index (χ2n) is 10.4. The maximum atomic E-state index is 14.4. The predicted molar refractivity (Wildman–Crippen MR) is 139 cm³/mol. The van der Waals surface area contributed by atoms with Gasteiger partial charge in [0.1, 0.15) is 16.7 Å². The molecule has 9 heteroatoms. The van der Waals surface area contributed by atoms with E-state index in [-0.39, 0.29) is 25.5 Å². The summed E-state index contributed by atoms with van der Waals surface area (Å²) in [7, 11) is -1.79. The van der Waals surface area contributed by atoms with Gasteiger partial charge in [-0.3, -0.25) is 0 Å². The van der Waals surface area contributed by atoms with Crippen LogP contribution in [0.25, 0.3) is 0 Å². The molecule has 2 heterocycles. The molecule has 2 aliphatic heterocycles. The van der Waals surface area contributed by atoms with E-state index in [1.54, 1.807) is 32.0 Å². The van der Waals surface area contributed by atoms with Crippen LogP contribution in [0.1, 0.15) is 61.8 Å². The highest BCUT2D eigenvalue weighted by Gasteiger charge is 2.46. The quantitative estimate of drug-likeness (QED) is 0.581. The van der Waals surface area contributed by atoms with Gasteiger partial charge in [-0.05, 0) is 82.8 Å². The number of nitrogens with one attached hydrogen (secondary N) is 1. The largest absolute Gasteiger partial charge is 0.457 e. The maximum Gasteiger partial charge on any atom is 0.301 e. The minimum Gasteiger partial charge on any atom is -0.457 e. The molecule has 0 amide bonds. The third kappa shape index (κ3) is 6.07. The number of rotatable bonds is 7. The fourth-order valence-electron chi connectivity index (χ4n) is 5.10. The SMILES string of the molecule is CN1CCC(c2ccc(CC3C(C)(C)OC(N[C@@H](CCO)c4ccccc4F)=NS3(=O)=O)cc2)CC1. The summed E-state index contributed by atoms with van der Waals surface area (Å²) >= 11 is 0. The van der Waals surface area contributed by atoms with E-state index in [0.29, 0.717) is 11.5 Å². The molecule has 0 spiro atoms. The van der Waals surface area contributed by atoms with Crippen molar-refractivity contribution in [1.82, 2.24) is 10.2 Å². The zero-order valence-corrected chi connectivity index (χ0v) is 22.0. The highest BCUT2D eigenvalue weighted by Crippen LogP contribution is 2.33. The van der Waals surface area contributed by atoms with Crippen LogP contribution in [-0.4, -0.2) is 62.0 Å². The molecule has 2 aromatic carbocycles. The first kappa shape index (κ1) is 26.6. The Kier molecular flexibility index (Phi) is 8.02. The third-order valence-electron chi connectivity index (χ3n) is 7.29. The van der Waals surface area contributed by atoms with E-state index in [1.165, 1.54) is 11.6 Å². The molecule has 36 heavy (non-hydrogen) atoms. The molecule has 0 bridgehead atoms. The summed E-state index contributed by atoms with van der Waals surface area (Å²) < 4.78 is 50.8. The lowest BCUT2D eigenvalue weighted by Gasteiger charge is -2.38. The molecule has 2 atom stereocenters. The van der Waals surface area contributed by atoms with Crippen LogP contribution in [0.15, 0.2) is 52.9 Å². The summed E-state index contributed by atoms with van der Waals surface area (Å²) in [6.45, 7) is 5.41. The van der Waals surface area contributed by atoms with Crippen LogP contribution in [0, 0.1) is 5.82 Å². The van der Waals surface area contributed by atoms with Crippen LogP contribution in [0.5, 0.6) is 0 Å². The molecule has 0 aliphatic carbocycles. The van der Waals surface area contributed by atoms with Crippen molar-refractivity contribution in [2.75, 3.05) is 26.7 Å². The molecule has 1 saturated heterocycles. The zero-order chi connectivity index (χ0) is 25.9. The van der Waals surface area contributed by atoms with Gasteiger partial charge in [0.25, 0.3) is 10.0 Å². The summed E-state index contributed by atoms with van der Waals surface area (Å²) in [5.41, 5.74) is 1.43. The number of piperidine rings is 1. The second-order valence-corrected chi connectivity index (χ2v) is 12.1. The van der Waals surface area contributed by atoms with Crippen molar-refractivity contribution in [3.63, 3.8) is 0 Å². The molecule has 0 aromatic heterocycles. The molecular weight excluding hydrogens is 481 g/mol. The zero-order valence-electron chi connectivity index (χ0n) is 21.2. The highest BCUT2D eigenvalue weighted by atomic mass is 32.2.